The molecule has 20 heteroatoms. The number of aliphatic hydroxyl groups excluding tert-OH is 1. The monoisotopic (exact) mass is 1070 g/mol. The lowest BCUT2D eigenvalue weighted by molar-refractivity contribution is -0.338. The second-order valence-corrected chi connectivity index (χ2v) is 24.2. The average molecular weight is 1070 g/mol. The minimum absolute atomic E-state index is 0.0283. The van der Waals surface area contributed by atoms with Crippen molar-refractivity contribution in [3.63, 3.8) is 0 Å². The molecule has 0 saturated carbocycles. The number of likely N-dealkylation sites (tertiary alicyclic amines) is 1. The van der Waals surface area contributed by atoms with E-state index in [1.54, 1.807) is 78.8 Å². The smallest absolute Gasteiger partial charge is 0.311 e. The summed E-state index contributed by atoms with van der Waals surface area (Å²) in [4.78, 5) is 17.0. The van der Waals surface area contributed by atoms with Crippen LogP contribution in [0, 0.1) is 23.6 Å². The molecule has 6 N–H and O–H groups in total. The van der Waals surface area contributed by atoms with Crippen LogP contribution < -0.4 is 14.8 Å². The maximum absolute atomic E-state index is 14.8. The molecule has 0 unspecified atom stereocenters. The third-order valence-electron chi connectivity index (χ3n) is 16.4. The van der Waals surface area contributed by atoms with Gasteiger partial charge in [-0.2, -0.15) is 12.7 Å². The summed E-state index contributed by atoms with van der Waals surface area (Å²) in [5.74, 6) is -3.54. The number of carbonyl (C=O) groups excluding carboxylic acids is 1. The second-order valence-electron chi connectivity index (χ2n) is 22.4. The molecule has 4 aliphatic rings. The fourth-order valence-corrected chi connectivity index (χ4v) is 12.9. The maximum atomic E-state index is 14.8. The molecular formula is C54H87FN4O14S. The Labute approximate surface area is 439 Å². The lowest BCUT2D eigenvalue weighted by atomic mass is 9.74. The Morgan fingerprint density at radius 1 is 0.905 bits per heavy atom. The van der Waals surface area contributed by atoms with Crippen molar-refractivity contribution < 1.29 is 71.2 Å². The topological polar surface area (TPSA) is 227 Å². The van der Waals surface area contributed by atoms with E-state index in [9.17, 15) is 38.0 Å². The molecule has 6 rings (SSSR count). The number of hydrogen-bond donors (Lipinski definition) is 6. The van der Waals surface area contributed by atoms with Crippen molar-refractivity contribution >= 4 is 21.9 Å². The number of nitrogens with zero attached hydrogens (tertiary/aromatic N) is 2. The molecule has 74 heavy (non-hydrogen) atoms. The predicted molar refractivity (Wildman–Crippen MR) is 277 cm³/mol. The van der Waals surface area contributed by atoms with E-state index in [4.69, 9.17) is 33.2 Å². The van der Waals surface area contributed by atoms with Crippen molar-refractivity contribution in [3.05, 3.63) is 60.4 Å². The van der Waals surface area contributed by atoms with Gasteiger partial charge in [0.1, 0.15) is 40.6 Å². The molecule has 0 amide bonds. The van der Waals surface area contributed by atoms with Crippen LogP contribution >= 0.6 is 0 Å². The van der Waals surface area contributed by atoms with Crippen LogP contribution in [0.2, 0.25) is 0 Å². The van der Waals surface area contributed by atoms with Gasteiger partial charge in [0.15, 0.2) is 18.7 Å². The van der Waals surface area contributed by atoms with Crippen molar-refractivity contribution in [2.24, 2.45) is 17.8 Å². The Morgan fingerprint density at radius 2 is 1.55 bits per heavy atom. The SMILES string of the molecule is CC[C@H]1OC(=O)[C@H](C)[C@@H](O[C@H]2C[C@@](C)(OC)[C@](O)(CN3CCCCC3)[C@H](C)O2)[C@H](C)[C@@H](O[C@@H]2O[C@H](C)C[C@H](N(C)S(=O)(=O)Nc3ccccc3)[C@H]2Oc2ccc(F)cc2)[C@](C)(O)C[C@@H](C)CN[C@H](C)[C@@H](O)[C@]1(C)O. The zero-order valence-electron chi connectivity index (χ0n) is 45.6. The highest BCUT2D eigenvalue weighted by Gasteiger charge is 2.59. The van der Waals surface area contributed by atoms with Gasteiger partial charge in [-0.3, -0.25) is 9.52 Å². The fraction of sp³-hybridized carbons (Fsp3) is 0.759. The number of halogens is 1. The molecule has 420 valence electrons. The summed E-state index contributed by atoms with van der Waals surface area (Å²) < 4.78 is 93.0. The minimum Gasteiger partial charge on any atom is -0.483 e. The zero-order valence-corrected chi connectivity index (χ0v) is 46.4. The van der Waals surface area contributed by atoms with Gasteiger partial charge in [0.05, 0.1) is 42.0 Å². The molecule has 4 aliphatic heterocycles. The molecule has 0 bridgehead atoms. The molecule has 0 aromatic heterocycles. The van der Waals surface area contributed by atoms with Gasteiger partial charge in [-0.25, -0.2) is 4.39 Å². The van der Waals surface area contributed by atoms with Crippen LogP contribution in [0.15, 0.2) is 54.6 Å². The van der Waals surface area contributed by atoms with Crippen molar-refractivity contribution in [2.75, 3.05) is 45.1 Å². The summed E-state index contributed by atoms with van der Waals surface area (Å²) in [5, 5.41) is 52.5. The van der Waals surface area contributed by atoms with Crippen molar-refractivity contribution in [1.82, 2.24) is 14.5 Å². The number of piperidine rings is 1. The minimum atomic E-state index is -4.27. The van der Waals surface area contributed by atoms with Gasteiger partial charge in [-0.15, -0.1) is 0 Å². The summed E-state index contributed by atoms with van der Waals surface area (Å²) in [6.07, 6.45) is -6.76. The van der Waals surface area contributed by atoms with Gasteiger partial charge in [0, 0.05) is 44.8 Å². The number of carbonyl (C=O) groups is 1. The molecule has 4 saturated heterocycles. The molecule has 0 radical (unpaired) electrons. The van der Waals surface area contributed by atoms with E-state index in [0.29, 0.717) is 12.2 Å². The van der Waals surface area contributed by atoms with Gasteiger partial charge in [0.2, 0.25) is 0 Å². The number of esters is 1. The molecule has 2 aromatic rings. The Kier molecular flexibility index (Phi) is 20.1. The largest absolute Gasteiger partial charge is 0.483 e. The van der Waals surface area contributed by atoms with Gasteiger partial charge < -0.3 is 63.8 Å². The Hall–Kier alpha value is -3.09. The third kappa shape index (κ3) is 13.8. The number of methoxy groups -OCH3 is 1. The van der Waals surface area contributed by atoms with Crippen LogP contribution in [0.3, 0.4) is 0 Å². The maximum Gasteiger partial charge on any atom is 0.311 e. The lowest BCUT2D eigenvalue weighted by Gasteiger charge is -2.55. The Morgan fingerprint density at radius 3 is 2.18 bits per heavy atom. The number of benzene rings is 2. The summed E-state index contributed by atoms with van der Waals surface area (Å²) >= 11 is 0. The van der Waals surface area contributed by atoms with E-state index < -0.39 is 124 Å². The number of ether oxygens (including phenoxy) is 7. The van der Waals surface area contributed by atoms with E-state index in [-0.39, 0.29) is 43.9 Å². The van der Waals surface area contributed by atoms with E-state index >= 15 is 0 Å². The van der Waals surface area contributed by atoms with E-state index in [2.05, 4.69) is 14.9 Å². The van der Waals surface area contributed by atoms with Crippen molar-refractivity contribution in [2.45, 2.75) is 204 Å². The highest BCUT2D eigenvalue weighted by molar-refractivity contribution is 7.90. The first kappa shape index (κ1) is 60.1. The number of anilines is 1. The predicted octanol–water partition coefficient (Wildman–Crippen LogP) is 5.37. The van der Waals surface area contributed by atoms with Gasteiger partial charge in [0.25, 0.3) is 0 Å². The molecule has 0 aliphatic carbocycles. The summed E-state index contributed by atoms with van der Waals surface area (Å²) in [6.45, 7) is 19.4. The quantitative estimate of drug-likeness (QED) is 0.131. The van der Waals surface area contributed by atoms with Crippen LogP contribution in [0.25, 0.3) is 0 Å². The Bertz CT molecular complexity index is 2210. The standard InChI is InChI=1S/C54H87FN4O14S/c1-13-43-53(10,63)47(60)37(6)56-31-33(2)29-51(8,62)48(35(4)45(36(5)49(61)71-43)72-44-30-52(9,67-12)54(64,38(7)69-44)32-59-26-18-15-19-27-59)73-50-46(70-41-24-22-39(55)23-25-41)42(28-34(3)68-50)58(11)74(65,66)57-40-20-16-14-17-21-40/h14,16-17,20-25,33-38,42-48,50,56-57,60,62-64H,13,15,18-19,26-32H2,1-12H3/t33-,34-,35+,36-,37-,38+,42+,43-,44+,45+,46-,47-,48-,50+,51-,52-,53-,54+/m1/s1. The zero-order chi connectivity index (χ0) is 54.6. The molecule has 4 heterocycles. The van der Waals surface area contributed by atoms with Gasteiger partial charge >= 0.3 is 16.2 Å². The molecular weight excluding hydrogens is 980 g/mol. The van der Waals surface area contributed by atoms with Gasteiger partial charge in [-0.1, -0.05) is 45.4 Å². The first-order valence-electron chi connectivity index (χ1n) is 26.6. The Balaban J connectivity index is 1.45. The first-order valence-corrected chi connectivity index (χ1v) is 28.0. The molecule has 4 fully saturated rings. The van der Waals surface area contributed by atoms with Crippen molar-refractivity contribution in [1.29, 1.82) is 0 Å². The van der Waals surface area contributed by atoms with E-state index in [1.165, 1.54) is 45.3 Å². The number of nitrogens with one attached hydrogen (secondary N) is 2. The molecule has 18 nitrogen and oxygen atoms in total. The average Bonchev–Trinajstić information content (AvgIpc) is 3.35. The van der Waals surface area contributed by atoms with E-state index in [0.717, 1.165) is 36.7 Å². The number of β-amino-alcohol motifs (C(OH)–C–C–N with tert-alkyl or cyclic N) is 1. The first-order chi connectivity index (χ1) is 34.7. The van der Waals surface area contributed by atoms with Crippen LogP contribution in [-0.4, -0.2) is 174 Å². The van der Waals surface area contributed by atoms with Crippen LogP contribution in [0.5, 0.6) is 5.75 Å². The lowest BCUT2D eigenvalue weighted by Crippen LogP contribution is -2.70. The van der Waals surface area contributed by atoms with Crippen LogP contribution in [0.4, 0.5) is 10.1 Å². The molecule has 2 aromatic carbocycles. The third-order valence-corrected chi connectivity index (χ3v) is 17.9. The molecule has 18 atom stereocenters. The number of para-hydroxylation sites is 1. The summed E-state index contributed by atoms with van der Waals surface area (Å²) in [7, 11) is -1.31. The van der Waals surface area contributed by atoms with Gasteiger partial charge in [-0.05, 0) is 143 Å². The fourth-order valence-electron chi connectivity index (χ4n) is 11.7. The highest BCUT2D eigenvalue weighted by atomic mass is 32.2. The summed E-state index contributed by atoms with van der Waals surface area (Å²) in [6, 6.07) is 12.0. The number of rotatable bonds is 14. The summed E-state index contributed by atoms with van der Waals surface area (Å²) in [5.41, 5.74) is -6.04. The number of likely N-dealkylation sites (N-methyl/N-ethyl adjacent to an activating group) is 1. The number of aliphatic hydroxyl groups is 4. The van der Waals surface area contributed by atoms with E-state index in [1.807, 2.05) is 13.8 Å². The number of hydrogen-bond acceptors (Lipinski definition) is 16. The highest BCUT2D eigenvalue weighted by Crippen LogP contribution is 2.44. The second kappa shape index (κ2) is 24.7. The number of cyclic esters (lactones) is 1. The van der Waals surface area contributed by atoms with Crippen LogP contribution in [0.1, 0.15) is 114 Å². The molecule has 0 spiro atoms. The normalized spacial score (nSPS) is 40.6. The van der Waals surface area contributed by atoms with Crippen molar-refractivity contribution in [3.8, 4) is 5.75 Å². The van der Waals surface area contributed by atoms with Crippen LogP contribution in [-0.2, 0) is 43.4 Å².